The van der Waals surface area contributed by atoms with Crippen LogP contribution in [0.3, 0.4) is 0 Å². The fourth-order valence-corrected chi connectivity index (χ4v) is 3.14. The minimum atomic E-state index is -0.543. The lowest BCUT2D eigenvalue weighted by molar-refractivity contribution is -0.126. The summed E-state index contributed by atoms with van der Waals surface area (Å²) >= 11 is 0. The van der Waals surface area contributed by atoms with Crippen molar-refractivity contribution in [3.8, 4) is 0 Å². The number of aromatic nitrogens is 1. The molecule has 27 heavy (non-hydrogen) atoms. The van der Waals surface area contributed by atoms with Gasteiger partial charge in [0.25, 0.3) is 5.91 Å². The molecule has 0 unspecified atom stereocenters. The molecule has 1 aromatic carbocycles. The average molecular weight is 369 g/mol. The zero-order valence-electron chi connectivity index (χ0n) is 14.9. The van der Waals surface area contributed by atoms with E-state index in [2.05, 4.69) is 15.6 Å². The van der Waals surface area contributed by atoms with Gasteiger partial charge in [0.1, 0.15) is 6.10 Å². The van der Waals surface area contributed by atoms with Gasteiger partial charge in [0, 0.05) is 23.6 Å². The number of para-hydroxylation sites is 1. The lowest BCUT2D eigenvalue weighted by Crippen LogP contribution is -2.51. The van der Waals surface area contributed by atoms with Gasteiger partial charge >= 0.3 is 0 Å². The normalized spacial score (nSPS) is 22.0. The standard InChI is InChI=1S/C20H23N3O4/c24-13-18-17(23-20(26)14-8-10-21-11-9-14)7-6-16(27-18)12-19(25)22-15-4-2-1-3-5-15/h1-5,8-11,16-18,24H,6-7,12-13H2,(H,22,25)(H,23,26)/t16-,17+,18-/m1/s1. The van der Waals surface area contributed by atoms with Crippen LogP contribution in [-0.2, 0) is 9.53 Å². The largest absolute Gasteiger partial charge is 0.394 e. The fraction of sp³-hybridized carbons (Fsp3) is 0.350. The van der Waals surface area contributed by atoms with Crippen LogP contribution in [0.25, 0.3) is 0 Å². The number of amides is 2. The molecule has 3 atom stereocenters. The highest BCUT2D eigenvalue weighted by Gasteiger charge is 2.33. The van der Waals surface area contributed by atoms with Crippen LogP contribution < -0.4 is 10.6 Å². The minimum absolute atomic E-state index is 0.137. The lowest BCUT2D eigenvalue weighted by atomic mass is 9.96. The molecule has 7 heteroatoms. The van der Waals surface area contributed by atoms with E-state index >= 15 is 0 Å². The van der Waals surface area contributed by atoms with Crippen LogP contribution in [0.15, 0.2) is 54.9 Å². The summed E-state index contributed by atoms with van der Waals surface area (Å²) in [6.45, 7) is -0.224. The first-order valence-corrected chi connectivity index (χ1v) is 8.98. The predicted octanol–water partition coefficient (Wildman–Crippen LogP) is 1.75. The number of aliphatic hydroxyl groups is 1. The maximum absolute atomic E-state index is 12.3. The maximum Gasteiger partial charge on any atom is 0.251 e. The Morgan fingerprint density at radius 3 is 2.56 bits per heavy atom. The number of pyridine rings is 1. The van der Waals surface area contributed by atoms with Crippen LogP contribution >= 0.6 is 0 Å². The third-order valence-electron chi connectivity index (χ3n) is 4.53. The van der Waals surface area contributed by atoms with Crippen LogP contribution in [0.2, 0.25) is 0 Å². The number of hydrogen-bond acceptors (Lipinski definition) is 5. The molecular formula is C20H23N3O4. The minimum Gasteiger partial charge on any atom is -0.394 e. The molecule has 0 saturated carbocycles. The Bertz CT molecular complexity index is 754. The number of nitrogens with zero attached hydrogens (tertiary/aromatic N) is 1. The molecule has 142 valence electrons. The van der Waals surface area contributed by atoms with Crippen molar-refractivity contribution in [2.24, 2.45) is 0 Å². The second kappa shape index (κ2) is 9.25. The maximum atomic E-state index is 12.3. The molecule has 1 aliphatic heterocycles. The zero-order chi connectivity index (χ0) is 19.1. The lowest BCUT2D eigenvalue weighted by Gasteiger charge is -2.36. The second-order valence-corrected chi connectivity index (χ2v) is 6.49. The SMILES string of the molecule is O=C(C[C@H]1CC[C@H](NC(=O)c2ccncc2)[C@@H](CO)O1)Nc1ccccc1. The molecular weight excluding hydrogens is 346 g/mol. The summed E-state index contributed by atoms with van der Waals surface area (Å²) in [5.41, 5.74) is 1.24. The van der Waals surface area contributed by atoms with Crippen LogP contribution in [0.5, 0.6) is 0 Å². The number of rotatable bonds is 6. The average Bonchev–Trinajstić information content (AvgIpc) is 2.70. The smallest absolute Gasteiger partial charge is 0.251 e. The monoisotopic (exact) mass is 369 g/mol. The number of aliphatic hydroxyl groups excluding tert-OH is 1. The van der Waals surface area contributed by atoms with E-state index in [0.717, 1.165) is 5.69 Å². The second-order valence-electron chi connectivity index (χ2n) is 6.49. The highest BCUT2D eigenvalue weighted by atomic mass is 16.5. The van der Waals surface area contributed by atoms with Crippen LogP contribution in [0.1, 0.15) is 29.6 Å². The summed E-state index contributed by atoms with van der Waals surface area (Å²) in [5, 5.41) is 15.4. The van der Waals surface area contributed by atoms with Crippen LogP contribution in [0, 0.1) is 0 Å². The van der Waals surface area contributed by atoms with E-state index < -0.39 is 6.10 Å². The summed E-state index contributed by atoms with van der Waals surface area (Å²) in [6, 6.07) is 12.2. The van der Waals surface area contributed by atoms with Crippen molar-refractivity contribution < 1.29 is 19.4 Å². The van der Waals surface area contributed by atoms with E-state index in [9.17, 15) is 14.7 Å². The van der Waals surface area contributed by atoms with Crippen LogP contribution in [-0.4, -0.2) is 46.8 Å². The molecule has 3 rings (SSSR count). The highest BCUT2D eigenvalue weighted by molar-refractivity contribution is 5.94. The van der Waals surface area contributed by atoms with Crippen molar-refractivity contribution in [1.29, 1.82) is 0 Å². The number of hydrogen-bond donors (Lipinski definition) is 3. The molecule has 0 spiro atoms. The number of carbonyl (C=O) groups excluding carboxylic acids is 2. The Balaban J connectivity index is 1.51. The Morgan fingerprint density at radius 2 is 1.85 bits per heavy atom. The molecule has 0 bridgehead atoms. The molecule has 1 aliphatic rings. The molecule has 3 N–H and O–H groups in total. The fourth-order valence-electron chi connectivity index (χ4n) is 3.14. The zero-order valence-corrected chi connectivity index (χ0v) is 14.9. The molecule has 2 aromatic rings. The van der Waals surface area contributed by atoms with Gasteiger partial charge in [-0.3, -0.25) is 14.6 Å². The molecule has 2 heterocycles. The van der Waals surface area contributed by atoms with Gasteiger partial charge in [-0.2, -0.15) is 0 Å². The predicted molar refractivity (Wildman–Crippen MR) is 100 cm³/mol. The van der Waals surface area contributed by atoms with Crippen molar-refractivity contribution >= 4 is 17.5 Å². The van der Waals surface area contributed by atoms with Crippen molar-refractivity contribution in [3.63, 3.8) is 0 Å². The van der Waals surface area contributed by atoms with Crippen molar-refractivity contribution in [2.75, 3.05) is 11.9 Å². The number of nitrogens with one attached hydrogen (secondary N) is 2. The Kier molecular flexibility index (Phi) is 6.51. The molecule has 2 amide bonds. The molecule has 0 radical (unpaired) electrons. The number of benzene rings is 1. The highest BCUT2D eigenvalue weighted by Crippen LogP contribution is 2.23. The van der Waals surface area contributed by atoms with Gasteiger partial charge in [0.15, 0.2) is 0 Å². The van der Waals surface area contributed by atoms with Crippen molar-refractivity contribution in [2.45, 2.75) is 37.5 Å². The van der Waals surface area contributed by atoms with Crippen molar-refractivity contribution in [3.05, 3.63) is 60.4 Å². The summed E-state index contributed by atoms with van der Waals surface area (Å²) in [7, 11) is 0. The quantitative estimate of drug-likeness (QED) is 0.720. The van der Waals surface area contributed by atoms with E-state index in [1.165, 1.54) is 0 Å². The Labute approximate surface area is 157 Å². The number of ether oxygens (including phenoxy) is 1. The van der Waals surface area contributed by atoms with Gasteiger partial charge in [0.2, 0.25) is 5.91 Å². The summed E-state index contributed by atoms with van der Waals surface area (Å²) in [4.78, 5) is 28.4. The number of anilines is 1. The first-order chi connectivity index (χ1) is 13.2. The van der Waals surface area contributed by atoms with Gasteiger partial charge in [-0.15, -0.1) is 0 Å². The first-order valence-electron chi connectivity index (χ1n) is 8.98. The third kappa shape index (κ3) is 5.35. The molecule has 7 nitrogen and oxygen atoms in total. The molecule has 0 aliphatic carbocycles. The number of carbonyl (C=O) groups is 2. The molecule has 1 saturated heterocycles. The third-order valence-corrected chi connectivity index (χ3v) is 4.53. The van der Waals surface area contributed by atoms with Gasteiger partial charge in [-0.25, -0.2) is 0 Å². The summed E-state index contributed by atoms with van der Waals surface area (Å²) in [5.74, 6) is -0.369. The van der Waals surface area contributed by atoms with Gasteiger partial charge in [-0.05, 0) is 37.1 Å². The van der Waals surface area contributed by atoms with Gasteiger partial charge in [-0.1, -0.05) is 18.2 Å². The van der Waals surface area contributed by atoms with E-state index in [4.69, 9.17) is 4.74 Å². The molecule has 1 aromatic heterocycles. The van der Waals surface area contributed by atoms with E-state index in [0.29, 0.717) is 18.4 Å². The van der Waals surface area contributed by atoms with Crippen LogP contribution in [0.4, 0.5) is 5.69 Å². The van der Waals surface area contributed by atoms with Crippen molar-refractivity contribution in [1.82, 2.24) is 10.3 Å². The van der Waals surface area contributed by atoms with E-state index in [-0.39, 0.29) is 37.0 Å². The van der Waals surface area contributed by atoms with E-state index in [1.54, 1.807) is 24.5 Å². The summed E-state index contributed by atoms with van der Waals surface area (Å²) < 4.78 is 5.86. The van der Waals surface area contributed by atoms with Gasteiger partial charge in [0.05, 0.1) is 25.2 Å². The first kappa shape index (κ1) is 19.0. The molecule has 1 fully saturated rings. The topological polar surface area (TPSA) is 101 Å². The Hall–Kier alpha value is -2.77. The summed E-state index contributed by atoms with van der Waals surface area (Å²) in [6.07, 6.45) is 3.73. The van der Waals surface area contributed by atoms with Gasteiger partial charge < -0.3 is 20.5 Å². The Morgan fingerprint density at radius 1 is 1.11 bits per heavy atom. The van der Waals surface area contributed by atoms with E-state index in [1.807, 2.05) is 30.3 Å².